The summed E-state index contributed by atoms with van der Waals surface area (Å²) in [6.07, 6.45) is 4.60. The third-order valence-corrected chi connectivity index (χ3v) is 6.08. The molecule has 0 saturated carbocycles. The Hall–Kier alpha value is -1.14. The number of furan rings is 1. The van der Waals surface area contributed by atoms with Crippen molar-refractivity contribution in [2.45, 2.75) is 38.1 Å². The predicted molar refractivity (Wildman–Crippen MR) is 96.0 cm³/mol. The molecule has 130 valence electrons. The summed E-state index contributed by atoms with van der Waals surface area (Å²) < 4.78 is 11.8. The van der Waals surface area contributed by atoms with Crippen molar-refractivity contribution in [3.63, 3.8) is 0 Å². The van der Waals surface area contributed by atoms with Gasteiger partial charge < -0.3 is 9.15 Å². The first kappa shape index (κ1) is 16.3. The zero-order valence-corrected chi connectivity index (χ0v) is 15.1. The van der Waals surface area contributed by atoms with Crippen molar-refractivity contribution in [1.82, 2.24) is 9.80 Å². The lowest BCUT2D eigenvalue weighted by Gasteiger charge is -2.48. The van der Waals surface area contributed by atoms with Crippen LogP contribution in [0, 0.1) is 5.92 Å². The van der Waals surface area contributed by atoms with Crippen LogP contribution in [0.2, 0.25) is 0 Å². The second kappa shape index (κ2) is 7.40. The standard InChI is InChI=1S/C19H26N2O2S/c1-20(12-17-5-3-7-22-17)18-13-21(10-15-6-9-24-14-15)11-16-4-2-8-23-19(16)18/h3,5-7,9,14,16,18-19H,2,4,8,10-13H2,1H3/t16-,18+,19-/m0/s1. The lowest BCUT2D eigenvalue weighted by atomic mass is 9.84. The van der Waals surface area contributed by atoms with Crippen LogP contribution in [0.1, 0.15) is 24.2 Å². The Morgan fingerprint density at radius 3 is 3.08 bits per heavy atom. The summed E-state index contributed by atoms with van der Waals surface area (Å²) in [5, 5.41) is 4.44. The highest BCUT2D eigenvalue weighted by Gasteiger charge is 2.41. The van der Waals surface area contributed by atoms with Gasteiger partial charge in [-0.15, -0.1) is 0 Å². The number of rotatable bonds is 5. The van der Waals surface area contributed by atoms with Gasteiger partial charge in [0.2, 0.25) is 0 Å². The van der Waals surface area contributed by atoms with Gasteiger partial charge >= 0.3 is 0 Å². The van der Waals surface area contributed by atoms with Gasteiger partial charge in [-0.25, -0.2) is 0 Å². The number of nitrogens with zero attached hydrogens (tertiary/aromatic N) is 2. The third-order valence-electron chi connectivity index (χ3n) is 5.35. The highest BCUT2D eigenvalue weighted by molar-refractivity contribution is 7.07. The van der Waals surface area contributed by atoms with E-state index in [4.69, 9.17) is 9.15 Å². The maximum atomic E-state index is 6.22. The molecule has 0 unspecified atom stereocenters. The minimum absolute atomic E-state index is 0.359. The molecule has 2 aliphatic rings. The molecule has 0 amide bonds. The highest BCUT2D eigenvalue weighted by atomic mass is 32.1. The maximum absolute atomic E-state index is 6.22. The van der Waals surface area contributed by atoms with Crippen LogP contribution in [0.15, 0.2) is 39.6 Å². The summed E-state index contributed by atoms with van der Waals surface area (Å²) in [5.41, 5.74) is 1.43. The van der Waals surface area contributed by atoms with E-state index in [0.717, 1.165) is 38.5 Å². The van der Waals surface area contributed by atoms with Crippen molar-refractivity contribution >= 4 is 11.3 Å². The smallest absolute Gasteiger partial charge is 0.117 e. The normalized spacial score (nSPS) is 28.2. The summed E-state index contributed by atoms with van der Waals surface area (Å²) in [5.74, 6) is 1.68. The summed E-state index contributed by atoms with van der Waals surface area (Å²) in [4.78, 5) is 5.03. The van der Waals surface area contributed by atoms with Gasteiger partial charge in [0.1, 0.15) is 5.76 Å². The molecule has 0 N–H and O–H groups in total. The quantitative estimate of drug-likeness (QED) is 0.829. The van der Waals surface area contributed by atoms with Crippen LogP contribution in [0.4, 0.5) is 0 Å². The number of hydrogen-bond acceptors (Lipinski definition) is 5. The fourth-order valence-electron chi connectivity index (χ4n) is 4.19. The molecule has 2 fully saturated rings. The second-order valence-electron chi connectivity index (χ2n) is 7.13. The number of hydrogen-bond donors (Lipinski definition) is 0. The topological polar surface area (TPSA) is 28.9 Å². The first-order valence-electron chi connectivity index (χ1n) is 8.87. The van der Waals surface area contributed by atoms with E-state index in [-0.39, 0.29) is 0 Å². The Morgan fingerprint density at radius 1 is 1.33 bits per heavy atom. The Morgan fingerprint density at radius 2 is 2.29 bits per heavy atom. The van der Waals surface area contributed by atoms with Crippen molar-refractivity contribution in [2.24, 2.45) is 5.92 Å². The minimum Gasteiger partial charge on any atom is -0.468 e. The van der Waals surface area contributed by atoms with E-state index in [1.165, 1.54) is 18.4 Å². The van der Waals surface area contributed by atoms with Gasteiger partial charge in [0.05, 0.1) is 18.9 Å². The molecule has 2 aromatic heterocycles. The van der Waals surface area contributed by atoms with Gasteiger partial charge in [-0.3, -0.25) is 9.80 Å². The largest absolute Gasteiger partial charge is 0.468 e. The van der Waals surface area contributed by atoms with Gasteiger partial charge in [0, 0.05) is 32.3 Å². The van der Waals surface area contributed by atoms with E-state index >= 15 is 0 Å². The molecular formula is C19H26N2O2S. The van der Waals surface area contributed by atoms with Gasteiger partial charge in [0.15, 0.2) is 0 Å². The van der Waals surface area contributed by atoms with Crippen molar-refractivity contribution in [2.75, 3.05) is 26.7 Å². The summed E-state index contributed by atoms with van der Waals surface area (Å²) in [6.45, 7) is 5.03. The number of likely N-dealkylation sites (tertiary alicyclic amines) is 1. The van der Waals surface area contributed by atoms with E-state index in [2.05, 4.69) is 39.7 Å². The zero-order valence-electron chi connectivity index (χ0n) is 14.3. The molecule has 2 aromatic rings. The Bertz CT molecular complexity index is 579. The molecule has 0 radical (unpaired) electrons. The fraction of sp³-hybridized carbons (Fsp3) is 0.579. The van der Waals surface area contributed by atoms with E-state index in [1.54, 1.807) is 17.6 Å². The Balaban J connectivity index is 1.48. The average molecular weight is 346 g/mol. The van der Waals surface area contributed by atoms with Gasteiger partial charge in [-0.2, -0.15) is 11.3 Å². The van der Waals surface area contributed by atoms with Crippen molar-refractivity contribution < 1.29 is 9.15 Å². The van der Waals surface area contributed by atoms with Crippen LogP contribution in [-0.2, 0) is 17.8 Å². The summed E-state index contributed by atoms with van der Waals surface area (Å²) >= 11 is 1.79. The molecule has 0 bridgehead atoms. The molecule has 2 saturated heterocycles. The van der Waals surface area contributed by atoms with Crippen LogP contribution in [0.25, 0.3) is 0 Å². The third kappa shape index (κ3) is 3.59. The SMILES string of the molecule is CN(Cc1ccco1)[C@@H]1CN(Cc2ccsc2)C[C@@H]2CCCO[C@@H]21. The van der Waals surface area contributed by atoms with E-state index in [9.17, 15) is 0 Å². The molecule has 24 heavy (non-hydrogen) atoms. The molecule has 0 aliphatic carbocycles. The number of likely N-dealkylation sites (N-methyl/N-ethyl adjacent to an activating group) is 1. The lowest BCUT2D eigenvalue weighted by Crippen LogP contribution is -2.59. The molecule has 5 heteroatoms. The summed E-state index contributed by atoms with van der Waals surface area (Å²) in [6, 6.07) is 6.69. The van der Waals surface area contributed by atoms with Gasteiger partial charge in [-0.05, 0) is 60.3 Å². The van der Waals surface area contributed by atoms with Crippen molar-refractivity contribution in [3.8, 4) is 0 Å². The predicted octanol–water partition coefficient (Wildman–Crippen LogP) is 3.45. The molecule has 4 rings (SSSR count). The molecule has 2 aliphatic heterocycles. The first-order valence-corrected chi connectivity index (χ1v) is 9.81. The molecule has 4 nitrogen and oxygen atoms in total. The van der Waals surface area contributed by atoms with Crippen LogP contribution < -0.4 is 0 Å². The number of piperidine rings is 1. The van der Waals surface area contributed by atoms with Crippen LogP contribution in [0.5, 0.6) is 0 Å². The zero-order chi connectivity index (χ0) is 16.4. The number of thiophene rings is 1. The van der Waals surface area contributed by atoms with Crippen molar-refractivity contribution in [1.29, 1.82) is 0 Å². The van der Waals surface area contributed by atoms with Crippen LogP contribution in [-0.4, -0.2) is 48.7 Å². The van der Waals surface area contributed by atoms with E-state index in [1.807, 2.05) is 6.07 Å². The van der Waals surface area contributed by atoms with Crippen LogP contribution in [0.3, 0.4) is 0 Å². The number of fused-ring (bicyclic) bond motifs is 1. The molecule has 3 atom stereocenters. The summed E-state index contributed by atoms with van der Waals surface area (Å²) in [7, 11) is 2.20. The minimum atomic E-state index is 0.359. The molecular weight excluding hydrogens is 320 g/mol. The highest BCUT2D eigenvalue weighted by Crippen LogP contribution is 2.32. The van der Waals surface area contributed by atoms with Crippen molar-refractivity contribution in [3.05, 3.63) is 46.5 Å². The first-order chi connectivity index (χ1) is 11.8. The molecule has 0 spiro atoms. The lowest BCUT2D eigenvalue weighted by molar-refractivity contribution is -0.113. The molecule has 0 aromatic carbocycles. The van der Waals surface area contributed by atoms with Crippen LogP contribution >= 0.6 is 11.3 Å². The average Bonchev–Trinajstić information content (AvgIpc) is 3.28. The molecule has 4 heterocycles. The Labute approximate surface area is 148 Å². The number of ether oxygens (including phenoxy) is 1. The van der Waals surface area contributed by atoms with E-state index < -0.39 is 0 Å². The monoisotopic (exact) mass is 346 g/mol. The van der Waals surface area contributed by atoms with Gasteiger partial charge in [0.25, 0.3) is 0 Å². The fourth-order valence-corrected chi connectivity index (χ4v) is 4.85. The maximum Gasteiger partial charge on any atom is 0.117 e. The second-order valence-corrected chi connectivity index (χ2v) is 7.91. The van der Waals surface area contributed by atoms with Gasteiger partial charge in [-0.1, -0.05) is 0 Å². The Kier molecular flexibility index (Phi) is 5.03. The van der Waals surface area contributed by atoms with E-state index in [0.29, 0.717) is 18.1 Å².